The van der Waals surface area contributed by atoms with E-state index in [-0.39, 0.29) is 5.97 Å². The van der Waals surface area contributed by atoms with Gasteiger partial charge in [-0.1, -0.05) is 6.58 Å². The van der Waals surface area contributed by atoms with Gasteiger partial charge in [0.15, 0.2) is 0 Å². The Morgan fingerprint density at radius 1 is 1.18 bits per heavy atom. The second-order valence-corrected chi connectivity index (χ2v) is 6.56. The highest BCUT2D eigenvalue weighted by atomic mass is 28.4. The summed E-state index contributed by atoms with van der Waals surface area (Å²) in [5.74, 6) is -0.341. The first-order valence-corrected chi connectivity index (χ1v) is 7.48. The Morgan fingerprint density at radius 2 is 1.71 bits per heavy atom. The van der Waals surface area contributed by atoms with E-state index in [2.05, 4.69) is 6.58 Å². The standard InChI is InChI=1S/C11H22O5Si/c1-6-16-11(12)10(2)8-7-9-17(13-3,14-4)15-5/h2,6-9H2,1,3-5H3. The van der Waals surface area contributed by atoms with E-state index in [4.69, 9.17) is 18.0 Å². The fraction of sp³-hybridized carbons (Fsp3) is 0.727. The second-order valence-electron chi connectivity index (χ2n) is 3.47. The van der Waals surface area contributed by atoms with Gasteiger partial charge in [-0.05, 0) is 19.8 Å². The van der Waals surface area contributed by atoms with Crippen LogP contribution in [0.2, 0.25) is 6.04 Å². The van der Waals surface area contributed by atoms with Crippen LogP contribution in [0.15, 0.2) is 12.2 Å². The zero-order valence-corrected chi connectivity index (χ0v) is 12.1. The number of hydrogen-bond acceptors (Lipinski definition) is 5. The summed E-state index contributed by atoms with van der Waals surface area (Å²) in [6.07, 6.45) is 1.28. The third-order valence-corrected chi connectivity index (χ3v) is 5.29. The molecule has 0 saturated heterocycles. The second kappa shape index (κ2) is 8.41. The summed E-state index contributed by atoms with van der Waals surface area (Å²) in [6, 6.07) is 0.648. The van der Waals surface area contributed by atoms with Gasteiger partial charge in [-0.2, -0.15) is 0 Å². The molecule has 0 aromatic carbocycles. The van der Waals surface area contributed by atoms with Crippen LogP contribution in [-0.2, 0) is 22.8 Å². The summed E-state index contributed by atoms with van der Waals surface area (Å²) >= 11 is 0. The highest BCUT2D eigenvalue weighted by Crippen LogP contribution is 2.18. The fourth-order valence-corrected chi connectivity index (χ4v) is 3.13. The topological polar surface area (TPSA) is 54.0 Å². The fourth-order valence-electron chi connectivity index (χ4n) is 1.41. The molecule has 0 N–H and O–H groups in total. The van der Waals surface area contributed by atoms with Gasteiger partial charge in [0.1, 0.15) is 0 Å². The van der Waals surface area contributed by atoms with E-state index in [0.29, 0.717) is 24.6 Å². The first-order valence-electron chi connectivity index (χ1n) is 5.55. The summed E-state index contributed by atoms with van der Waals surface area (Å²) in [7, 11) is 2.18. The molecular formula is C11H22O5Si. The van der Waals surface area contributed by atoms with Gasteiger partial charge >= 0.3 is 14.8 Å². The van der Waals surface area contributed by atoms with Crippen LogP contribution in [0, 0.1) is 0 Å². The van der Waals surface area contributed by atoms with Gasteiger partial charge < -0.3 is 18.0 Å². The molecule has 6 heteroatoms. The molecule has 0 aromatic rings. The number of esters is 1. The Bertz CT molecular complexity index is 242. The molecule has 100 valence electrons. The predicted molar refractivity (Wildman–Crippen MR) is 66.6 cm³/mol. The van der Waals surface area contributed by atoms with Crippen LogP contribution >= 0.6 is 0 Å². The summed E-state index contributed by atoms with van der Waals surface area (Å²) in [5, 5.41) is 0. The molecule has 17 heavy (non-hydrogen) atoms. The van der Waals surface area contributed by atoms with Crippen molar-refractivity contribution in [1.82, 2.24) is 0 Å². The van der Waals surface area contributed by atoms with Gasteiger partial charge in [-0.15, -0.1) is 0 Å². The van der Waals surface area contributed by atoms with Crippen LogP contribution in [0.5, 0.6) is 0 Å². The van der Waals surface area contributed by atoms with E-state index in [1.807, 2.05) is 0 Å². The Hall–Kier alpha value is -0.693. The van der Waals surface area contributed by atoms with Crippen LogP contribution in [0.4, 0.5) is 0 Å². The minimum Gasteiger partial charge on any atom is -0.463 e. The molecule has 0 aromatic heterocycles. The third kappa shape index (κ3) is 5.45. The predicted octanol–water partition coefficient (Wildman–Crippen LogP) is 1.76. The van der Waals surface area contributed by atoms with Gasteiger partial charge in [0.25, 0.3) is 0 Å². The molecule has 0 aliphatic heterocycles. The lowest BCUT2D eigenvalue weighted by Gasteiger charge is -2.24. The SMILES string of the molecule is C=C(CCC[Si](OC)(OC)OC)C(=O)OCC. The molecule has 0 radical (unpaired) electrons. The Balaban J connectivity index is 4.05. The monoisotopic (exact) mass is 262 g/mol. The number of carbonyl (C=O) groups excluding carboxylic acids is 1. The minimum absolute atomic E-state index is 0.341. The van der Waals surface area contributed by atoms with Crippen LogP contribution in [0.3, 0.4) is 0 Å². The molecule has 0 aliphatic rings. The van der Waals surface area contributed by atoms with Crippen molar-refractivity contribution < 1.29 is 22.8 Å². The maximum atomic E-state index is 11.3. The zero-order valence-electron chi connectivity index (χ0n) is 11.1. The minimum atomic E-state index is -2.53. The molecule has 5 nitrogen and oxygen atoms in total. The molecule has 0 unspecified atom stereocenters. The quantitative estimate of drug-likeness (QED) is 0.360. The van der Waals surface area contributed by atoms with Crippen LogP contribution in [0.25, 0.3) is 0 Å². The summed E-state index contributed by atoms with van der Waals surface area (Å²) < 4.78 is 20.7. The Morgan fingerprint density at radius 3 is 2.12 bits per heavy atom. The maximum absolute atomic E-state index is 11.3. The Kier molecular flexibility index (Phi) is 8.06. The van der Waals surface area contributed by atoms with Crippen molar-refractivity contribution in [3.8, 4) is 0 Å². The average Bonchev–Trinajstić information content (AvgIpc) is 2.35. The summed E-state index contributed by atoms with van der Waals surface area (Å²) in [5.41, 5.74) is 0.470. The van der Waals surface area contributed by atoms with Crippen molar-refractivity contribution in [1.29, 1.82) is 0 Å². The molecule has 0 atom stereocenters. The van der Waals surface area contributed by atoms with Crippen molar-refractivity contribution in [3.05, 3.63) is 12.2 Å². The summed E-state index contributed by atoms with van der Waals surface area (Å²) in [4.78, 5) is 11.3. The first-order chi connectivity index (χ1) is 8.05. The molecule has 0 aliphatic carbocycles. The van der Waals surface area contributed by atoms with E-state index in [9.17, 15) is 4.79 Å². The normalized spacial score (nSPS) is 11.3. The van der Waals surface area contributed by atoms with Crippen molar-refractivity contribution in [3.63, 3.8) is 0 Å². The van der Waals surface area contributed by atoms with Crippen LogP contribution < -0.4 is 0 Å². The number of carbonyl (C=O) groups is 1. The van der Waals surface area contributed by atoms with Crippen molar-refractivity contribution >= 4 is 14.8 Å². The lowest BCUT2D eigenvalue weighted by molar-refractivity contribution is -0.138. The molecule has 0 amide bonds. The van der Waals surface area contributed by atoms with Gasteiger partial charge in [0.2, 0.25) is 0 Å². The largest absolute Gasteiger partial charge is 0.500 e. The van der Waals surface area contributed by atoms with E-state index in [0.717, 1.165) is 6.42 Å². The molecule has 0 rings (SSSR count). The lowest BCUT2D eigenvalue weighted by atomic mass is 10.2. The molecule has 0 heterocycles. The van der Waals surface area contributed by atoms with Gasteiger partial charge in [-0.3, -0.25) is 0 Å². The molecule has 0 bridgehead atoms. The van der Waals surface area contributed by atoms with E-state index in [1.54, 1.807) is 28.3 Å². The highest BCUT2D eigenvalue weighted by Gasteiger charge is 2.36. The van der Waals surface area contributed by atoms with E-state index < -0.39 is 8.80 Å². The highest BCUT2D eigenvalue weighted by molar-refractivity contribution is 6.60. The lowest BCUT2D eigenvalue weighted by Crippen LogP contribution is -2.42. The molecular weight excluding hydrogens is 240 g/mol. The van der Waals surface area contributed by atoms with Gasteiger partial charge in [0.05, 0.1) is 6.61 Å². The van der Waals surface area contributed by atoms with E-state index in [1.165, 1.54) is 0 Å². The third-order valence-electron chi connectivity index (χ3n) is 2.46. The molecule has 0 spiro atoms. The number of ether oxygens (including phenoxy) is 1. The molecule has 0 fully saturated rings. The summed E-state index contributed by atoms with van der Waals surface area (Å²) in [6.45, 7) is 5.82. The zero-order chi connectivity index (χ0) is 13.3. The van der Waals surface area contributed by atoms with Crippen molar-refractivity contribution in [2.75, 3.05) is 27.9 Å². The molecule has 0 saturated carbocycles. The van der Waals surface area contributed by atoms with Gasteiger partial charge in [-0.25, -0.2) is 4.79 Å². The number of rotatable bonds is 9. The number of hydrogen-bond donors (Lipinski definition) is 0. The van der Waals surface area contributed by atoms with E-state index >= 15 is 0 Å². The van der Waals surface area contributed by atoms with Crippen molar-refractivity contribution in [2.24, 2.45) is 0 Å². The van der Waals surface area contributed by atoms with Crippen LogP contribution in [0.1, 0.15) is 19.8 Å². The van der Waals surface area contributed by atoms with Crippen molar-refractivity contribution in [2.45, 2.75) is 25.8 Å². The first kappa shape index (κ1) is 16.3. The smallest absolute Gasteiger partial charge is 0.463 e. The Labute approximate surface area is 104 Å². The maximum Gasteiger partial charge on any atom is 0.500 e. The van der Waals surface area contributed by atoms with Gasteiger partial charge in [0, 0.05) is 32.9 Å². The average molecular weight is 262 g/mol. The van der Waals surface area contributed by atoms with Crippen LogP contribution in [-0.4, -0.2) is 42.7 Å².